The molecule has 0 saturated heterocycles. The summed E-state index contributed by atoms with van der Waals surface area (Å²) in [6, 6.07) is 7.86. The van der Waals surface area contributed by atoms with Gasteiger partial charge < -0.3 is 9.88 Å². The van der Waals surface area contributed by atoms with Crippen molar-refractivity contribution in [3.63, 3.8) is 0 Å². The summed E-state index contributed by atoms with van der Waals surface area (Å²) in [6.07, 6.45) is 0.843. The van der Waals surface area contributed by atoms with Crippen molar-refractivity contribution in [2.75, 3.05) is 6.54 Å². The number of fused-ring (bicyclic) bond motifs is 2. The lowest BCUT2D eigenvalue weighted by Gasteiger charge is -2.25. The first-order valence-corrected chi connectivity index (χ1v) is 8.74. The maximum absolute atomic E-state index is 12.8. The molecule has 2 aromatic heterocycles. The van der Waals surface area contributed by atoms with E-state index in [4.69, 9.17) is 0 Å². The van der Waals surface area contributed by atoms with Crippen molar-refractivity contribution >= 4 is 44.1 Å². The van der Waals surface area contributed by atoms with Crippen molar-refractivity contribution in [3.8, 4) is 0 Å². The van der Waals surface area contributed by atoms with Crippen LogP contribution in [0.1, 0.15) is 26.1 Å². The number of nitrogens with zero attached hydrogens (tertiary/aromatic N) is 2. The zero-order valence-corrected chi connectivity index (χ0v) is 14.4. The topological polar surface area (TPSA) is 49.0 Å². The lowest BCUT2D eigenvalue weighted by atomic mass is 10.1. The Hall–Kier alpha value is -1.66. The molecule has 3 heterocycles. The van der Waals surface area contributed by atoms with E-state index in [9.17, 15) is 4.79 Å². The molecule has 112 valence electrons. The molecule has 1 N–H and O–H groups in total. The fraction of sp³-hybridized carbons (Fsp3) is 0.250. The molecule has 0 unspecified atom stereocenters. The van der Waals surface area contributed by atoms with Gasteiger partial charge in [-0.2, -0.15) is 0 Å². The van der Waals surface area contributed by atoms with Gasteiger partial charge in [0, 0.05) is 33.2 Å². The molecule has 1 aliphatic rings. The van der Waals surface area contributed by atoms with Crippen LogP contribution in [0.3, 0.4) is 0 Å². The third-order valence-corrected chi connectivity index (χ3v) is 5.66. The predicted octanol–water partition coefficient (Wildman–Crippen LogP) is 3.89. The molecule has 0 radical (unpaired) electrons. The number of hydrogen-bond donors (Lipinski definition) is 1. The van der Waals surface area contributed by atoms with Crippen LogP contribution in [0.15, 0.2) is 28.7 Å². The van der Waals surface area contributed by atoms with Crippen LogP contribution in [0.5, 0.6) is 0 Å². The summed E-state index contributed by atoms with van der Waals surface area (Å²) in [5.41, 5.74) is 2.78. The highest BCUT2D eigenvalue weighted by Gasteiger charge is 2.25. The van der Waals surface area contributed by atoms with E-state index in [0.717, 1.165) is 39.0 Å². The Balaban J connectivity index is 1.65. The predicted molar refractivity (Wildman–Crippen MR) is 91.3 cm³/mol. The number of thiazole rings is 1. The van der Waals surface area contributed by atoms with Gasteiger partial charge in [-0.05, 0) is 25.1 Å². The highest BCUT2D eigenvalue weighted by molar-refractivity contribution is 9.10. The zero-order valence-electron chi connectivity index (χ0n) is 12.0. The largest absolute Gasteiger partial charge is 0.350 e. The SMILES string of the molecule is Cc1nc2c(s1)CN(C(=O)c1cc3c(Br)cccc3[nH]1)CC2. The number of carbonyl (C=O) groups excluding carboxylic acids is 1. The van der Waals surface area contributed by atoms with Crippen molar-refractivity contribution < 1.29 is 4.79 Å². The number of rotatable bonds is 1. The number of aromatic amines is 1. The Labute approximate surface area is 140 Å². The molecule has 1 aliphatic heterocycles. The van der Waals surface area contributed by atoms with Gasteiger partial charge in [-0.15, -0.1) is 11.3 Å². The van der Waals surface area contributed by atoms with Crippen LogP contribution >= 0.6 is 27.3 Å². The summed E-state index contributed by atoms with van der Waals surface area (Å²) >= 11 is 5.22. The summed E-state index contributed by atoms with van der Waals surface area (Å²) < 4.78 is 0.999. The monoisotopic (exact) mass is 375 g/mol. The highest BCUT2D eigenvalue weighted by atomic mass is 79.9. The first-order chi connectivity index (χ1) is 10.6. The number of amides is 1. The summed E-state index contributed by atoms with van der Waals surface area (Å²) in [4.78, 5) is 23.6. The van der Waals surface area contributed by atoms with Gasteiger partial charge in [0.25, 0.3) is 5.91 Å². The minimum Gasteiger partial charge on any atom is -0.350 e. The summed E-state index contributed by atoms with van der Waals surface area (Å²) in [5.74, 6) is 0.0554. The number of aryl methyl sites for hydroxylation is 1. The minimum atomic E-state index is 0.0554. The normalized spacial score (nSPS) is 14.4. The Morgan fingerprint density at radius 2 is 2.32 bits per heavy atom. The standard InChI is InChI=1S/C16H14BrN3OS/c1-9-18-13-5-6-20(8-15(13)22-9)16(21)14-7-10-11(17)3-2-4-12(10)19-14/h2-4,7,19H,5-6,8H2,1H3. The quantitative estimate of drug-likeness (QED) is 0.701. The van der Waals surface area contributed by atoms with E-state index < -0.39 is 0 Å². The maximum Gasteiger partial charge on any atom is 0.270 e. The van der Waals surface area contributed by atoms with E-state index >= 15 is 0 Å². The van der Waals surface area contributed by atoms with Crippen molar-refractivity contribution in [2.45, 2.75) is 19.9 Å². The first-order valence-electron chi connectivity index (χ1n) is 7.13. The zero-order chi connectivity index (χ0) is 15.3. The molecule has 0 bridgehead atoms. The molecule has 0 saturated carbocycles. The average molecular weight is 376 g/mol. The van der Waals surface area contributed by atoms with E-state index in [1.165, 1.54) is 4.88 Å². The van der Waals surface area contributed by atoms with Crippen LogP contribution in [-0.4, -0.2) is 27.3 Å². The number of benzene rings is 1. The molecule has 22 heavy (non-hydrogen) atoms. The van der Waals surface area contributed by atoms with Crippen molar-refractivity contribution in [1.82, 2.24) is 14.9 Å². The molecule has 0 spiro atoms. The molecule has 0 aliphatic carbocycles. The molecule has 0 fully saturated rings. The van der Waals surface area contributed by atoms with Gasteiger partial charge in [0.15, 0.2) is 0 Å². The van der Waals surface area contributed by atoms with Gasteiger partial charge in [-0.25, -0.2) is 4.98 Å². The van der Waals surface area contributed by atoms with Crippen molar-refractivity contribution in [2.24, 2.45) is 0 Å². The van der Waals surface area contributed by atoms with Crippen LogP contribution in [-0.2, 0) is 13.0 Å². The minimum absolute atomic E-state index is 0.0554. The Kier molecular flexibility index (Phi) is 3.31. The van der Waals surface area contributed by atoms with E-state index in [0.29, 0.717) is 12.2 Å². The third kappa shape index (κ3) is 2.27. The summed E-state index contributed by atoms with van der Waals surface area (Å²) in [6.45, 7) is 3.41. The number of aromatic nitrogens is 2. The first kappa shape index (κ1) is 14.0. The molecule has 1 aromatic carbocycles. The highest BCUT2D eigenvalue weighted by Crippen LogP contribution is 2.28. The second-order valence-corrected chi connectivity index (χ2v) is 7.61. The van der Waals surface area contributed by atoms with Crippen LogP contribution in [0.4, 0.5) is 0 Å². The molecule has 0 atom stereocenters. The molecule has 4 rings (SSSR count). The fourth-order valence-electron chi connectivity index (χ4n) is 2.90. The molecular formula is C16H14BrN3OS. The van der Waals surface area contributed by atoms with E-state index in [2.05, 4.69) is 25.9 Å². The fourth-order valence-corrected chi connectivity index (χ4v) is 4.38. The van der Waals surface area contributed by atoms with Crippen LogP contribution in [0.2, 0.25) is 0 Å². The summed E-state index contributed by atoms with van der Waals surface area (Å²) in [7, 11) is 0. The van der Waals surface area contributed by atoms with Gasteiger partial charge in [-0.3, -0.25) is 4.79 Å². The molecule has 3 aromatic rings. The molecular weight excluding hydrogens is 362 g/mol. The number of H-pyrrole nitrogens is 1. The van der Waals surface area contributed by atoms with Gasteiger partial charge >= 0.3 is 0 Å². The Morgan fingerprint density at radius 3 is 3.14 bits per heavy atom. The average Bonchev–Trinajstić information content (AvgIpc) is 3.08. The van der Waals surface area contributed by atoms with Crippen LogP contribution in [0, 0.1) is 6.92 Å². The number of nitrogens with one attached hydrogen (secondary N) is 1. The van der Waals surface area contributed by atoms with Gasteiger partial charge in [-0.1, -0.05) is 22.0 Å². The summed E-state index contributed by atoms with van der Waals surface area (Å²) in [5, 5.41) is 2.12. The number of halogens is 1. The molecule has 4 nitrogen and oxygen atoms in total. The lowest BCUT2D eigenvalue weighted by molar-refractivity contribution is 0.0731. The van der Waals surface area contributed by atoms with Crippen molar-refractivity contribution in [3.05, 3.63) is 50.0 Å². The van der Waals surface area contributed by atoms with Crippen LogP contribution < -0.4 is 0 Å². The Bertz CT molecular complexity index is 883. The van der Waals surface area contributed by atoms with E-state index in [1.54, 1.807) is 11.3 Å². The number of carbonyl (C=O) groups is 1. The smallest absolute Gasteiger partial charge is 0.270 e. The maximum atomic E-state index is 12.8. The van der Waals surface area contributed by atoms with E-state index in [1.807, 2.05) is 36.1 Å². The van der Waals surface area contributed by atoms with Gasteiger partial charge in [0.05, 0.1) is 17.2 Å². The van der Waals surface area contributed by atoms with Gasteiger partial charge in [0.1, 0.15) is 5.69 Å². The van der Waals surface area contributed by atoms with Gasteiger partial charge in [0.2, 0.25) is 0 Å². The second kappa shape index (κ2) is 5.21. The second-order valence-electron chi connectivity index (χ2n) is 5.46. The van der Waals surface area contributed by atoms with Crippen molar-refractivity contribution in [1.29, 1.82) is 0 Å². The Morgan fingerprint density at radius 1 is 1.45 bits per heavy atom. The molecule has 1 amide bonds. The molecule has 6 heteroatoms. The van der Waals surface area contributed by atoms with Crippen LogP contribution in [0.25, 0.3) is 10.9 Å². The van der Waals surface area contributed by atoms with E-state index in [-0.39, 0.29) is 5.91 Å². The third-order valence-electron chi connectivity index (χ3n) is 3.97. The lowest BCUT2D eigenvalue weighted by Crippen LogP contribution is -2.35. The number of hydrogen-bond acceptors (Lipinski definition) is 3.